The number of fused-ring (bicyclic) bond motifs is 1. The van der Waals surface area contributed by atoms with Crippen molar-refractivity contribution in [3.8, 4) is 0 Å². The maximum Gasteiger partial charge on any atom is 0.296 e. The molecule has 1 aromatic carbocycles. The number of hydrogen-bond donors (Lipinski definition) is 2. The zero-order valence-corrected chi connectivity index (χ0v) is 12.0. The molecule has 0 radical (unpaired) electrons. The molecular formula is C14H17ClN2O3. The molecule has 2 N–H and O–H groups in total. The first-order chi connectivity index (χ1) is 9.58. The number of rotatable bonds is 6. The lowest BCUT2D eigenvalue weighted by Gasteiger charge is -2.25. The molecule has 0 bridgehead atoms. The van der Waals surface area contributed by atoms with Crippen molar-refractivity contribution in [1.29, 1.82) is 0 Å². The summed E-state index contributed by atoms with van der Waals surface area (Å²) in [5.41, 5.74) is 1.52. The Morgan fingerprint density at radius 2 is 2.05 bits per heavy atom. The SMILES string of the molecule is CCCCN(CCO)c1cc2c(cc1Cl)C(=O)C(=O)N2. The Morgan fingerprint density at radius 3 is 2.70 bits per heavy atom. The number of aliphatic hydroxyl groups excluding tert-OH is 1. The molecule has 1 aliphatic heterocycles. The summed E-state index contributed by atoms with van der Waals surface area (Å²) in [6.45, 7) is 3.32. The lowest BCUT2D eigenvalue weighted by atomic mass is 10.1. The van der Waals surface area contributed by atoms with Gasteiger partial charge in [-0.15, -0.1) is 0 Å². The van der Waals surface area contributed by atoms with E-state index >= 15 is 0 Å². The highest BCUT2D eigenvalue weighted by molar-refractivity contribution is 6.52. The standard InChI is InChI=1S/C14H17ClN2O3/c1-2-3-4-17(5-6-18)12-8-11-9(7-10(12)15)13(19)14(20)16-11/h7-8,18H,2-6H2,1H3,(H,16,19,20). The molecule has 1 aliphatic rings. The second-order valence-electron chi connectivity index (χ2n) is 4.70. The van der Waals surface area contributed by atoms with E-state index in [0.29, 0.717) is 22.8 Å². The number of unbranched alkanes of at least 4 members (excludes halogenated alkanes) is 1. The van der Waals surface area contributed by atoms with Gasteiger partial charge in [0.25, 0.3) is 11.7 Å². The third kappa shape index (κ3) is 2.78. The van der Waals surface area contributed by atoms with Crippen molar-refractivity contribution in [2.24, 2.45) is 0 Å². The highest BCUT2D eigenvalue weighted by Gasteiger charge is 2.29. The van der Waals surface area contributed by atoms with E-state index in [2.05, 4.69) is 12.2 Å². The third-order valence-corrected chi connectivity index (χ3v) is 3.58. The van der Waals surface area contributed by atoms with Crippen molar-refractivity contribution in [2.75, 3.05) is 29.9 Å². The third-order valence-electron chi connectivity index (χ3n) is 3.28. The molecule has 0 saturated carbocycles. The van der Waals surface area contributed by atoms with Crippen LogP contribution in [0.5, 0.6) is 0 Å². The highest BCUT2D eigenvalue weighted by atomic mass is 35.5. The van der Waals surface area contributed by atoms with Gasteiger partial charge < -0.3 is 15.3 Å². The topological polar surface area (TPSA) is 69.6 Å². The molecule has 1 heterocycles. The number of ketones is 1. The molecule has 0 aliphatic carbocycles. The molecule has 20 heavy (non-hydrogen) atoms. The van der Waals surface area contributed by atoms with Crippen LogP contribution in [0.3, 0.4) is 0 Å². The van der Waals surface area contributed by atoms with Gasteiger partial charge in [0.2, 0.25) is 0 Å². The van der Waals surface area contributed by atoms with Crippen LogP contribution in [0.4, 0.5) is 11.4 Å². The number of nitrogens with zero attached hydrogens (tertiary/aromatic N) is 1. The van der Waals surface area contributed by atoms with Crippen LogP contribution >= 0.6 is 11.6 Å². The zero-order chi connectivity index (χ0) is 14.7. The Labute approximate surface area is 122 Å². The molecule has 0 saturated heterocycles. The first-order valence-corrected chi connectivity index (χ1v) is 7.01. The molecule has 108 valence electrons. The second-order valence-corrected chi connectivity index (χ2v) is 5.10. The number of benzene rings is 1. The van der Waals surface area contributed by atoms with Crippen LogP contribution in [-0.4, -0.2) is 36.5 Å². The maximum atomic E-state index is 11.6. The second kappa shape index (κ2) is 6.24. The number of carbonyl (C=O) groups excluding carboxylic acids is 2. The van der Waals surface area contributed by atoms with Crippen molar-refractivity contribution >= 4 is 34.7 Å². The number of nitrogens with one attached hydrogen (secondary N) is 1. The van der Waals surface area contributed by atoms with Gasteiger partial charge in [0, 0.05) is 13.1 Å². The highest BCUT2D eigenvalue weighted by Crippen LogP contribution is 2.35. The Kier molecular flexibility index (Phi) is 4.62. The summed E-state index contributed by atoms with van der Waals surface area (Å²) in [5.74, 6) is -1.19. The van der Waals surface area contributed by atoms with E-state index in [-0.39, 0.29) is 6.61 Å². The number of anilines is 2. The number of aliphatic hydroxyl groups is 1. The Morgan fingerprint density at radius 1 is 1.30 bits per heavy atom. The number of halogens is 1. The van der Waals surface area contributed by atoms with Crippen molar-refractivity contribution < 1.29 is 14.7 Å². The fraction of sp³-hybridized carbons (Fsp3) is 0.429. The minimum absolute atomic E-state index is 0.0163. The van der Waals surface area contributed by atoms with Crippen LogP contribution in [0.2, 0.25) is 5.02 Å². The summed E-state index contributed by atoms with van der Waals surface area (Å²) in [6.07, 6.45) is 2.00. The molecule has 0 spiro atoms. The minimum atomic E-state index is -0.629. The van der Waals surface area contributed by atoms with Gasteiger partial charge in [-0.2, -0.15) is 0 Å². The lowest BCUT2D eigenvalue weighted by Crippen LogP contribution is -2.28. The average molecular weight is 297 g/mol. The molecule has 1 aromatic rings. The van der Waals surface area contributed by atoms with Gasteiger partial charge in [0.15, 0.2) is 0 Å². The number of hydrogen-bond acceptors (Lipinski definition) is 4. The zero-order valence-electron chi connectivity index (χ0n) is 11.3. The summed E-state index contributed by atoms with van der Waals surface area (Å²) in [6, 6.07) is 3.22. The maximum absolute atomic E-state index is 11.6. The number of carbonyl (C=O) groups is 2. The van der Waals surface area contributed by atoms with Crippen molar-refractivity contribution in [2.45, 2.75) is 19.8 Å². The van der Waals surface area contributed by atoms with E-state index in [1.54, 1.807) is 6.07 Å². The molecule has 6 heteroatoms. The molecule has 5 nitrogen and oxygen atoms in total. The van der Waals surface area contributed by atoms with Crippen LogP contribution in [0.25, 0.3) is 0 Å². The van der Waals surface area contributed by atoms with Crippen LogP contribution in [-0.2, 0) is 4.79 Å². The summed E-state index contributed by atoms with van der Waals surface area (Å²) < 4.78 is 0. The predicted molar refractivity (Wildman–Crippen MR) is 78.6 cm³/mol. The van der Waals surface area contributed by atoms with Gasteiger partial charge in [0.05, 0.1) is 28.6 Å². The largest absolute Gasteiger partial charge is 0.395 e. The van der Waals surface area contributed by atoms with E-state index in [1.165, 1.54) is 6.07 Å². The van der Waals surface area contributed by atoms with Crippen LogP contribution < -0.4 is 10.2 Å². The Hall–Kier alpha value is -1.59. The van der Waals surface area contributed by atoms with E-state index in [4.69, 9.17) is 16.7 Å². The molecule has 2 rings (SSSR count). The summed E-state index contributed by atoms with van der Waals surface area (Å²) >= 11 is 6.22. The minimum Gasteiger partial charge on any atom is -0.395 e. The van der Waals surface area contributed by atoms with Gasteiger partial charge >= 0.3 is 0 Å². The molecule has 0 fully saturated rings. The Bertz CT molecular complexity index is 545. The van der Waals surface area contributed by atoms with Crippen molar-refractivity contribution in [1.82, 2.24) is 0 Å². The van der Waals surface area contributed by atoms with Gasteiger partial charge in [-0.3, -0.25) is 9.59 Å². The molecule has 0 atom stereocenters. The summed E-state index contributed by atoms with van der Waals surface area (Å²) in [4.78, 5) is 24.9. The van der Waals surface area contributed by atoms with Gasteiger partial charge in [-0.25, -0.2) is 0 Å². The molecular weight excluding hydrogens is 280 g/mol. The summed E-state index contributed by atoms with van der Waals surface area (Å²) in [5, 5.41) is 12.1. The normalized spacial score (nSPS) is 13.3. The molecule has 0 aromatic heterocycles. The number of Topliss-reactive ketones (excluding diaryl/α,β-unsaturated/α-hetero) is 1. The van der Waals surface area contributed by atoms with Crippen molar-refractivity contribution in [3.63, 3.8) is 0 Å². The average Bonchev–Trinajstić information content (AvgIpc) is 2.70. The number of amides is 1. The molecule has 0 unspecified atom stereocenters. The molecule has 1 amide bonds. The monoisotopic (exact) mass is 296 g/mol. The van der Waals surface area contributed by atoms with Crippen molar-refractivity contribution in [3.05, 3.63) is 22.7 Å². The van der Waals surface area contributed by atoms with Gasteiger partial charge in [-0.1, -0.05) is 24.9 Å². The predicted octanol–water partition coefficient (Wildman–Crippen LogP) is 2.07. The van der Waals surface area contributed by atoms with Gasteiger partial charge in [-0.05, 0) is 18.6 Å². The van der Waals surface area contributed by atoms with Crippen LogP contribution in [0.15, 0.2) is 12.1 Å². The van der Waals surface area contributed by atoms with E-state index in [0.717, 1.165) is 25.1 Å². The fourth-order valence-corrected chi connectivity index (χ4v) is 2.50. The lowest BCUT2D eigenvalue weighted by molar-refractivity contribution is -0.112. The van der Waals surface area contributed by atoms with Crippen LogP contribution in [0, 0.1) is 0 Å². The summed E-state index contributed by atoms with van der Waals surface area (Å²) in [7, 11) is 0. The quantitative estimate of drug-likeness (QED) is 0.789. The van der Waals surface area contributed by atoms with E-state index < -0.39 is 11.7 Å². The fourth-order valence-electron chi connectivity index (χ4n) is 2.22. The van der Waals surface area contributed by atoms with E-state index in [1.807, 2.05) is 4.90 Å². The van der Waals surface area contributed by atoms with Crippen LogP contribution in [0.1, 0.15) is 30.1 Å². The van der Waals surface area contributed by atoms with E-state index in [9.17, 15) is 9.59 Å². The first kappa shape index (κ1) is 14.8. The Balaban J connectivity index is 2.34. The smallest absolute Gasteiger partial charge is 0.296 e. The van der Waals surface area contributed by atoms with Gasteiger partial charge in [0.1, 0.15) is 0 Å². The first-order valence-electron chi connectivity index (χ1n) is 6.63.